The largest absolute Gasteiger partial charge is 0.478 e. The van der Waals surface area contributed by atoms with Gasteiger partial charge in [-0.2, -0.15) is 0 Å². The van der Waals surface area contributed by atoms with Crippen LogP contribution in [0.1, 0.15) is 41.5 Å². The minimum Gasteiger partial charge on any atom is -0.478 e. The van der Waals surface area contributed by atoms with Crippen molar-refractivity contribution in [3.05, 3.63) is 29.3 Å². The predicted molar refractivity (Wildman–Crippen MR) is 82.1 cm³/mol. The molecule has 0 radical (unpaired) electrons. The lowest BCUT2D eigenvalue weighted by Gasteiger charge is -2.20. The van der Waals surface area contributed by atoms with E-state index in [0.29, 0.717) is 5.69 Å². The number of nitrogens with two attached hydrogens (primary N) is 1. The summed E-state index contributed by atoms with van der Waals surface area (Å²) >= 11 is 4.64. The van der Waals surface area contributed by atoms with Crippen LogP contribution >= 0.6 is 12.2 Å². The first-order valence-corrected chi connectivity index (χ1v) is 6.43. The molecule has 0 aromatic heterocycles. The van der Waals surface area contributed by atoms with Gasteiger partial charge < -0.3 is 15.6 Å². The summed E-state index contributed by atoms with van der Waals surface area (Å²) in [5.74, 6) is -1.94. The van der Waals surface area contributed by atoms with Crippen LogP contribution in [0.4, 0.5) is 5.69 Å². The first-order chi connectivity index (χ1) is 9.60. The highest BCUT2D eigenvalue weighted by Crippen LogP contribution is 2.19. The van der Waals surface area contributed by atoms with Gasteiger partial charge in [-0.05, 0) is 51.2 Å². The van der Waals surface area contributed by atoms with Crippen LogP contribution in [0, 0.1) is 0 Å². The van der Waals surface area contributed by atoms with Crippen molar-refractivity contribution in [2.75, 3.05) is 5.43 Å². The van der Waals surface area contributed by atoms with E-state index in [1.807, 2.05) is 0 Å². The molecule has 0 amide bonds. The number of nitrogens with one attached hydrogen (secondary N) is 2. The highest BCUT2D eigenvalue weighted by Gasteiger charge is 2.23. The number of thiocarbonyl (C=S) groups is 1. The summed E-state index contributed by atoms with van der Waals surface area (Å²) in [6.45, 7) is 5.09. The van der Waals surface area contributed by atoms with Gasteiger partial charge >= 0.3 is 11.9 Å². The average molecular weight is 311 g/mol. The minimum atomic E-state index is -1.22. The SMILES string of the molecule is CC(C)(C)OC(=O)c1cc(NNC(N)=S)ccc1C(=O)O. The first-order valence-electron chi connectivity index (χ1n) is 6.02. The standard InChI is InChI=1S/C13H17N3O4S/c1-13(2,3)20-11(19)9-6-7(15-16-12(14)21)4-5-8(9)10(17)18/h4-6,15H,1-3H3,(H,17,18)(H3,14,16,21). The fourth-order valence-corrected chi connectivity index (χ4v) is 1.50. The molecular formula is C13H17N3O4S. The second-order valence-electron chi connectivity index (χ2n) is 5.18. The molecule has 5 N–H and O–H groups in total. The fraction of sp³-hybridized carbons (Fsp3) is 0.308. The Balaban J connectivity index is 3.12. The molecule has 0 bridgehead atoms. The molecule has 0 saturated heterocycles. The zero-order valence-electron chi connectivity index (χ0n) is 11.9. The molecule has 8 heteroatoms. The molecule has 21 heavy (non-hydrogen) atoms. The number of carbonyl (C=O) groups excluding carboxylic acids is 1. The Kier molecular flexibility index (Phi) is 5.09. The number of carboxylic acid groups (broad SMARTS) is 1. The van der Waals surface area contributed by atoms with Crippen LogP contribution in [0.3, 0.4) is 0 Å². The van der Waals surface area contributed by atoms with Crippen LogP contribution < -0.4 is 16.6 Å². The molecule has 1 aromatic carbocycles. The fourth-order valence-electron chi connectivity index (χ4n) is 1.44. The van der Waals surface area contributed by atoms with Crippen molar-refractivity contribution >= 4 is 35.0 Å². The maximum atomic E-state index is 12.1. The molecule has 0 spiro atoms. The Hall–Kier alpha value is -2.35. The summed E-state index contributed by atoms with van der Waals surface area (Å²) in [7, 11) is 0. The maximum Gasteiger partial charge on any atom is 0.339 e. The van der Waals surface area contributed by atoms with E-state index in [4.69, 9.17) is 15.6 Å². The molecule has 114 valence electrons. The van der Waals surface area contributed by atoms with E-state index < -0.39 is 17.5 Å². The number of benzene rings is 1. The molecule has 0 aliphatic heterocycles. The number of rotatable bonds is 4. The first kappa shape index (κ1) is 16.7. The molecule has 0 saturated carbocycles. The third-order valence-electron chi connectivity index (χ3n) is 2.20. The second kappa shape index (κ2) is 6.40. The van der Waals surface area contributed by atoms with Crippen molar-refractivity contribution in [1.29, 1.82) is 0 Å². The molecule has 0 atom stereocenters. The smallest absolute Gasteiger partial charge is 0.339 e. The number of carbonyl (C=O) groups is 2. The molecule has 7 nitrogen and oxygen atoms in total. The Bertz CT molecular complexity index is 581. The van der Waals surface area contributed by atoms with E-state index in [1.165, 1.54) is 18.2 Å². The molecule has 1 aromatic rings. The summed E-state index contributed by atoms with van der Waals surface area (Å²) in [6, 6.07) is 4.12. The third kappa shape index (κ3) is 5.27. The lowest BCUT2D eigenvalue weighted by atomic mass is 10.1. The number of hydrogen-bond acceptors (Lipinski definition) is 5. The number of carboxylic acids is 1. The van der Waals surface area contributed by atoms with Crippen molar-refractivity contribution in [3.63, 3.8) is 0 Å². The zero-order chi connectivity index (χ0) is 16.2. The number of anilines is 1. The average Bonchev–Trinajstić information content (AvgIpc) is 2.33. The molecule has 0 heterocycles. The highest BCUT2D eigenvalue weighted by molar-refractivity contribution is 7.80. The highest BCUT2D eigenvalue weighted by atomic mass is 32.1. The van der Waals surface area contributed by atoms with Gasteiger partial charge in [0.25, 0.3) is 0 Å². The van der Waals surface area contributed by atoms with Gasteiger partial charge in [0.15, 0.2) is 5.11 Å². The van der Waals surface area contributed by atoms with E-state index in [-0.39, 0.29) is 16.2 Å². The van der Waals surface area contributed by atoms with E-state index in [2.05, 4.69) is 23.1 Å². The molecule has 0 fully saturated rings. The molecule has 0 aliphatic rings. The summed E-state index contributed by atoms with van der Waals surface area (Å²) in [5, 5.41) is 9.15. The van der Waals surface area contributed by atoms with Gasteiger partial charge in [-0.15, -0.1) is 0 Å². The van der Waals surface area contributed by atoms with E-state index in [1.54, 1.807) is 20.8 Å². The Morgan fingerprint density at radius 3 is 2.38 bits per heavy atom. The monoisotopic (exact) mass is 311 g/mol. The van der Waals surface area contributed by atoms with Crippen molar-refractivity contribution in [2.24, 2.45) is 5.73 Å². The molecule has 0 aliphatic carbocycles. The zero-order valence-corrected chi connectivity index (χ0v) is 12.7. The van der Waals surface area contributed by atoms with Crippen LogP contribution in [-0.2, 0) is 4.74 Å². The van der Waals surface area contributed by atoms with Crippen molar-refractivity contribution < 1.29 is 19.4 Å². The quantitative estimate of drug-likeness (QED) is 0.376. The van der Waals surface area contributed by atoms with Gasteiger partial charge in [-0.25, -0.2) is 9.59 Å². The van der Waals surface area contributed by atoms with Crippen LogP contribution in [0.25, 0.3) is 0 Å². The van der Waals surface area contributed by atoms with E-state index in [9.17, 15) is 9.59 Å². The Labute approximate surface area is 127 Å². The van der Waals surface area contributed by atoms with Crippen molar-refractivity contribution in [3.8, 4) is 0 Å². The van der Waals surface area contributed by atoms with Crippen LogP contribution in [0.15, 0.2) is 18.2 Å². The topological polar surface area (TPSA) is 114 Å². The second-order valence-corrected chi connectivity index (χ2v) is 5.62. The number of aromatic carboxylic acids is 1. The van der Waals surface area contributed by atoms with Gasteiger partial charge in [0.2, 0.25) is 0 Å². The van der Waals surface area contributed by atoms with E-state index in [0.717, 1.165) is 0 Å². The summed E-state index contributed by atoms with van der Waals surface area (Å²) in [5.41, 5.74) is 9.89. The van der Waals surface area contributed by atoms with Gasteiger partial charge in [-0.1, -0.05) is 0 Å². The van der Waals surface area contributed by atoms with Gasteiger partial charge in [0, 0.05) is 0 Å². The summed E-state index contributed by atoms with van der Waals surface area (Å²) in [4.78, 5) is 23.3. The van der Waals surface area contributed by atoms with E-state index >= 15 is 0 Å². The number of hydrazine groups is 1. The van der Waals surface area contributed by atoms with Crippen LogP contribution in [0.2, 0.25) is 0 Å². The lowest BCUT2D eigenvalue weighted by molar-refractivity contribution is 0.00659. The van der Waals surface area contributed by atoms with Gasteiger partial charge in [0.1, 0.15) is 5.60 Å². The Morgan fingerprint density at radius 1 is 1.29 bits per heavy atom. The van der Waals surface area contributed by atoms with Crippen LogP contribution in [-0.4, -0.2) is 27.8 Å². The number of ether oxygens (including phenoxy) is 1. The minimum absolute atomic E-state index is 0.0103. The normalized spacial score (nSPS) is 10.6. The van der Waals surface area contributed by atoms with Crippen molar-refractivity contribution in [1.82, 2.24) is 5.43 Å². The number of hydrogen-bond donors (Lipinski definition) is 4. The predicted octanol–water partition coefficient (Wildman–Crippen LogP) is 1.50. The maximum absolute atomic E-state index is 12.1. The summed E-state index contributed by atoms with van der Waals surface area (Å²) < 4.78 is 5.19. The van der Waals surface area contributed by atoms with Gasteiger partial charge in [0.05, 0.1) is 16.8 Å². The van der Waals surface area contributed by atoms with Crippen molar-refractivity contribution in [2.45, 2.75) is 26.4 Å². The number of esters is 1. The van der Waals surface area contributed by atoms with Gasteiger partial charge in [-0.3, -0.25) is 10.9 Å². The molecule has 0 unspecified atom stereocenters. The lowest BCUT2D eigenvalue weighted by Crippen LogP contribution is -2.34. The Morgan fingerprint density at radius 2 is 1.90 bits per heavy atom. The summed E-state index contributed by atoms with van der Waals surface area (Å²) in [6.07, 6.45) is 0. The molecule has 1 rings (SSSR count). The van der Waals surface area contributed by atoms with Crippen LogP contribution in [0.5, 0.6) is 0 Å². The third-order valence-corrected chi connectivity index (χ3v) is 2.30. The molecular weight excluding hydrogens is 294 g/mol.